The van der Waals surface area contributed by atoms with Crippen LogP contribution in [0.3, 0.4) is 0 Å². The molecule has 10 heteroatoms. The van der Waals surface area contributed by atoms with E-state index in [1.807, 2.05) is 0 Å². The number of carbonyl (C=O) groups is 2. The van der Waals surface area contributed by atoms with Gasteiger partial charge < -0.3 is 9.84 Å². The van der Waals surface area contributed by atoms with Crippen LogP contribution in [-0.2, 0) is 9.53 Å². The lowest BCUT2D eigenvalue weighted by Gasteiger charge is -2.20. The van der Waals surface area contributed by atoms with E-state index in [2.05, 4.69) is 24.1 Å². The Morgan fingerprint density at radius 3 is 2.45 bits per heavy atom. The molecule has 0 bridgehead atoms. The summed E-state index contributed by atoms with van der Waals surface area (Å²) in [6.07, 6.45) is 6.04. The lowest BCUT2D eigenvalue weighted by Crippen LogP contribution is -2.13. The number of nitrogens with one attached hydrogen (secondary N) is 1. The van der Waals surface area contributed by atoms with E-state index < -0.39 is 34.9 Å². The number of nitrogens with zero attached hydrogens (tertiary/aromatic N) is 1. The van der Waals surface area contributed by atoms with Crippen molar-refractivity contribution in [3.8, 4) is 11.3 Å². The lowest BCUT2D eigenvalue weighted by molar-refractivity contribution is -0.132. The second-order valence-electron chi connectivity index (χ2n) is 9.40. The first-order valence-corrected chi connectivity index (χ1v) is 14.1. The molecule has 0 aliphatic heterocycles. The van der Waals surface area contributed by atoms with Gasteiger partial charge in [-0.2, -0.15) is 0 Å². The van der Waals surface area contributed by atoms with Gasteiger partial charge in [0.25, 0.3) is 5.91 Å². The smallest absolute Gasteiger partial charge is 0.331 e. The number of aliphatic carboxylic acids is 1. The van der Waals surface area contributed by atoms with Gasteiger partial charge in [0, 0.05) is 39.8 Å². The third-order valence-electron chi connectivity index (χ3n) is 6.30. The monoisotopic (exact) mass is 574 g/mol. The van der Waals surface area contributed by atoms with E-state index in [9.17, 15) is 18.4 Å². The van der Waals surface area contributed by atoms with Crippen LogP contribution in [0.25, 0.3) is 17.3 Å². The topological polar surface area (TPSA) is 88.5 Å². The van der Waals surface area contributed by atoms with Crippen LogP contribution in [0.5, 0.6) is 0 Å². The number of benzene rings is 2. The summed E-state index contributed by atoms with van der Waals surface area (Å²) < 4.78 is 50.7. The van der Waals surface area contributed by atoms with Gasteiger partial charge in [0.1, 0.15) is 17.5 Å². The summed E-state index contributed by atoms with van der Waals surface area (Å²) in [6.45, 7) is 5.93. The van der Waals surface area contributed by atoms with Crippen molar-refractivity contribution < 1.29 is 32.6 Å². The minimum Gasteiger partial charge on any atom is -0.478 e. The number of hydrogen-bond acceptors (Lipinski definition) is 5. The Balaban J connectivity index is 1.80. The van der Waals surface area contributed by atoms with Crippen LogP contribution in [-0.4, -0.2) is 28.6 Å². The second-order valence-corrected chi connectivity index (χ2v) is 10.3. The Morgan fingerprint density at radius 2 is 1.80 bits per heavy atom. The number of carboxylic acids is 1. The second kappa shape index (κ2) is 14.8. The minimum absolute atomic E-state index is 0.120. The molecule has 214 valence electrons. The van der Waals surface area contributed by atoms with Crippen LogP contribution in [0, 0.1) is 17.5 Å². The Labute approximate surface area is 235 Å². The van der Waals surface area contributed by atoms with Gasteiger partial charge in [-0.15, -0.1) is 11.3 Å². The number of hydrogen-bond donors (Lipinski definition) is 2. The molecule has 40 heavy (non-hydrogen) atoms. The summed E-state index contributed by atoms with van der Waals surface area (Å²) in [5, 5.41) is 13.1. The van der Waals surface area contributed by atoms with E-state index in [4.69, 9.17) is 9.84 Å². The molecule has 1 aromatic heterocycles. The number of thiazole rings is 1. The third-order valence-corrected chi connectivity index (χ3v) is 7.06. The normalized spacial score (nSPS) is 12.4. The Morgan fingerprint density at radius 1 is 1.10 bits per heavy atom. The standard InChI is InChI=1S/C30H33F3N2O4S/c1-4-6-8-13-39-26(12-7-5-2)21-11-9-10-20(27(21)33)25-17-40-30(34-25)35-28(36)19-15-23(31)22(24(32)16-19)14-18(3)29(37)38/h9-11,14-17,26H,4-8,12-13H2,1-3H3,(H,37,38)(H,34,35,36)/b18-14+. The third kappa shape index (κ3) is 8.02. The maximum atomic E-state index is 15.7. The van der Waals surface area contributed by atoms with Gasteiger partial charge >= 0.3 is 5.97 Å². The molecule has 0 aliphatic rings. The summed E-state index contributed by atoms with van der Waals surface area (Å²) in [5.74, 6) is -4.75. The fraction of sp³-hybridized carbons (Fsp3) is 0.367. The molecule has 2 N–H and O–H groups in total. The van der Waals surface area contributed by atoms with Crippen LogP contribution in [0.4, 0.5) is 18.3 Å². The van der Waals surface area contributed by atoms with Gasteiger partial charge in [-0.25, -0.2) is 22.9 Å². The fourth-order valence-corrected chi connectivity index (χ4v) is 4.75. The number of amides is 1. The molecule has 1 heterocycles. The van der Waals surface area contributed by atoms with Gasteiger partial charge in [-0.05, 0) is 44.0 Å². The van der Waals surface area contributed by atoms with Crippen molar-refractivity contribution in [3.63, 3.8) is 0 Å². The summed E-state index contributed by atoms with van der Waals surface area (Å²) in [6, 6.07) is 6.69. The molecule has 0 spiro atoms. The van der Waals surface area contributed by atoms with Crippen molar-refractivity contribution in [2.24, 2.45) is 0 Å². The van der Waals surface area contributed by atoms with E-state index >= 15 is 4.39 Å². The molecule has 3 aromatic rings. The largest absolute Gasteiger partial charge is 0.478 e. The molecule has 1 atom stereocenters. The average Bonchev–Trinajstić information content (AvgIpc) is 3.38. The van der Waals surface area contributed by atoms with E-state index in [-0.39, 0.29) is 27.9 Å². The van der Waals surface area contributed by atoms with Crippen LogP contribution in [0.2, 0.25) is 0 Å². The summed E-state index contributed by atoms with van der Waals surface area (Å²) in [4.78, 5) is 28.0. The number of rotatable bonds is 14. The molecule has 1 unspecified atom stereocenters. The zero-order valence-electron chi connectivity index (χ0n) is 22.7. The van der Waals surface area contributed by atoms with Gasteiger partial charge in [-0.3, -0.25) is 10.1 Å². The Bertz CT molecular complexity index is 1350. The number of carboxylic acid groups (broad SMARTS) is 1. The number of ether oxygens (including phenoxy) is 1. The van der Waals surface area contributed by atoms with E-state index in [1.54, 1.807) is 23.6 Å². The van der Waals surface area contributed by atoms with Crippen molar-refractivity contribution in [3.05, 3.63) is 75.4 Å². The first-order chi connectivity index (χ1) is 19.2. The van der Waals surface area contributed by atoms with E-state index in [0.29, 0.717) is 24.3 Å². The lowest BCUT2D eigenvalue weighted by atomic mass is 9.99. The molecule has 1 amide bonds. The van der Waals surface area contributed by atoms with Gasteiger partial charge in [0.05, 0.1) is 11.8 Å². The number of aromatic nitrogens is 1. The van der Waals surface area contributed by atoms with Crippen molar-refractivity contribution >= 4 is 34.4 Å². The highest BCUT2D eigenvalue weighted by Gasteiger charge is 2.21. The highest BCUT2D eigenvalue weighted by atomic mass is 32.1. The van der Waals surface area contributed by atoms with Crippen LogP contribution in [0.15, 0.2) is 41.3 Å². The summed E-state index contributed by atoms with van der Waals surface area (Å²) >= 11 is 1.04. The predicted octanol–water partition coefficient (Wildman–Crippen LogP) is 8.41. The highest BCUT2D eigenvalue weighted by molar-refractivity contribution is 7.14. The van der Waals surface area contributed by atoms with Crippen molar-refractivity contribution in [2.45, 2.75) is 65.4 Å². The van der Waals surface area contributed by atoms with Crippen LogP contribution >= 0.6 is 11.3 Å². The Kier molecular flexibility index (Phi) is 11.5. The van der Waals surface area contributed by atoms with Crippen molar-refractivity contribution in [1.29, 1.82) is 0 Å². The molecule has 0 aliphatic carbocycles. The van der Waals surface area contributed by atoms with Crippen LogP contribution < -0.4 is 5.32 Å². The molecule has 0 fully saturated rings. The molecule has 2 aromatic carbocycles. The van der Waals surface area contributed by atoms with Crippen LogP contribution in [0.1, 0.15) is 86.9 Å². The molecule has 0 saturated carbocycles. The maximum Gasteiger partial charge on any atom is 0.331 e. The predicted molar refractivity (Wildman–Crippen MR) is 151 cm³/mol. The first-order valence-electron chi connectivity index (χ1n) is 13.2. The molecule has 3 rings (SSSR count). The minimum atomic E-state index is -1.32. The van der Waals surface area contributed by atoms with E-state index in [1.165, 1.54) is 6.92 Å². The summed E-state index contributed by atoms with van der Waals surface area (Å²) in [7, 11) is 0. The van der Waals surface area contributed by atoms with Gasteiger partial charge in [0.2, 0.25) is 0 Å². The summed E-state index contributed by atoms with van der Waals surface area (Å²) in [5.41, 5.74) is -0.114. The fourth-order valence-electron chi connectivity index (χ4n) is 4.05. The molecular formula is C30H33F3N2O4S. The average molecular weight is 575 g/mol. The Hall–Kier alpha value is -3.50. The number of unbranched alkanes of at least 4 members (excludes halogenated alkanes) is 3. The molecule has 0 saturated heterocycles. The van der Waals surface area contributed by atoms with Gasteiger partial charge in [0.15, 0.2) is 5.13 Å². The zero-order valence-corrected chi connectivity index (χ0v) is 23.5. The quantitative estimate of drug-likeness (QED) is 0.149. The molecule has 6 nitrogen and oxygen atoms in total. The van der Waals surface area contributed by atoms with Crippen molar-refractivity contribution in [1.82, 2.24) is 4.98 Å². The number of halogens is 3. The number of carbonyl (C=O) groups excluding carboxylic acids is 1. The van der Waals surface area contributed by atoms with Crippen molar-refractivity contribution in [2.75, 3.05) is 11.9 Å². The highest BCUT2D eigenvalue weighted by Crippen LogP contribution is 2.34. The first kappa shape index (κ1) is 31.0. The molecular weight excluding hydrogens is 541 g/mol. The molecule has 0 radical (unpaired) electrons. The van der Waals surface area contributed by atoms with Gasteiger partial charge in [-0.1, -0.05) is 51.7 Å². The number of anilines is 1. The zero-order chi connectivity index (χ0) is 29.2. The maximum absolute atomic E-state index is 15.7. The van der Waals surface area contributed by atoms with E-state index in [0.717, 1.165) is 61.6 Å². The SMILES string of the molecule is CCCCCOC(CCCC)c1cccc(-c2csc(NC(=O)c3cc(F)c(/C=C(\C)C(=O)O)c(F)c3)n2)c1F.